The van der Waals surface area contributed by atoms with Gasteiger partial charge in [-0.15, -0.1) is 10.2 Å². The van der Waals surface area contributed by atoms with Gasteiger partial charge in [0.2, 0.25) is 0 Å². The maximum atomic E-state index is 4.11. The fraction of sp³-hybridized carbons (Fsp3) is 0.417. The first-order valence-electron chi connectivity index (χ1n) is 5.64. The fourth-order valence-corrected chi connectivity index (χ4v) is 1.88. The highest BCUT2D eigenvalue weighted by Crippen LogP contribution is 2.08. The minimum Gasteiger partial charge on any atom is -0.306 e. The minimum absolute atomic E-state index is 0.640. The van der Waals surface area contributed by atoms with Crippen LogP contribution in [0.3, 0.4) is 0 Å². The molecule has 1 heterocycles. The molecule has 1 N–H and O–H groups in total. The molecule has 0 spiro atoms. The summed E-state index contributed by atoms with van der Waals surface area (Å²) in [6, 6.07) is 6.54. The van der Waals surface area contributed by atoms with E-state index in [1.165, 1.54) is 21.5 Å². The van der Waals surface area contributed by atoms with Crippen LogP contribution in [-0.4, -0.2) is 20.2 Å². The normalized spacial score (nSPS) is 10.8. The Balaban J connectivity index is 1.89. The summed E-state index contributed by atoms with van der Waals surface area (Å²) in [6.45, 7) is 5.68. The lowest BCUT2D eigenvalue weighted by Gasteiger charge is -2.05. The molecule has 0 aliphatic carbocycles. The summed E-state index contributed by atoms with van der Waals surface area (Å²) in [7, 11) is 1.76. The SMILES string of the molecule is Cc1cc(C)cc(CNCc2nnn(C)n2)c1. The second-order valence-electron chi connectivity index (χ2n) is 4.29. The molecule has 0 fully saturated rings. The number of aryl methyl sites for hydroxylation is 3. The van der Waals surface area contributed by atoms with E-state index in [4.69, 9.17) is 0 Å². The van der Waals surface area contributed by atoms with Crippen LogP contribution in [0.2, 0.25) is 0 Å². The lowest BCUT2D eigenvalue weighted by atomic mass is 10.1. The summed E-state index contributed by atoms with van der Waals surface area (Å²) < 4.78 is 0. The molecule has 17 heavy (non-hydrogen) atoms. The predicted octanol–water partition coefficient (Wildman–Crippen LogP) is 1.12. The van der Waals surface area contributed by atoms with Gasteiger partial charge in [-0.2, -0.15) is 4.80 Å². The molecule has 0 aliphatic heterocycles. The van der Waals surface area contributed by atoms with Gasteiger partial charge >= 0.3 is 0 Å². The van der Waals surface area contributed by atoms with E-state index >= 15 is 0 Å². The number of rotatable bonds is 4. The Morgan fingerprint density at radius 3 is 2.41 bits per heavy atom. The fourth-order valence-electron chi connectivity index (χ4n) is 1.88. The van der Waals surface area contributed by atoms with Crippen LogP contribution in [0.5, 0.6) is 0 Å². The Hall–Kier alpha value is -1.75. The molecule has 0 saturated carbocycles. The maximum absolute atomic E-state index is 4.11. The number of tetrazole rings is 1. The molecule has 0 aliphatic rings. The van der Waals surface area contributed by atoms with Gasteiger partial charge in [-0.3, -0.25) is 0 Å². The van der Waals surface area contributed by atoms with Crippen molar-refractivity contribution >= 4 is 0 Å². The highest BCUT2D eigenvalue weighted by molar-refractivity contribution is 5.28. The smallest absolute Gasteiger partial charge is 0.188 e. The van der Waals surface area contributed by atoms with Crippen LogP contribution in [0.4, 0.5) is 0 Å². The van der Waals surface area contributed by atoms with E-state index in [0.717, 1.165) is 12.4 Å². The second kappa shape index (κ2) is 5.05. The van der Waals surface area contributed by atoms with Gasteiger partial charge in [0.1, 0.15) is 0 Å². The summed E-state index contributed by atoms with van der Waals surface area (Å²) in [4.78, 5) is 1.47. The first kappa shape index (κ1) is 11.7. The Morgan fingerprint density at radius 2 is 1.82 bits per heavy atom. The highest BCUT2D eigenvalue weighted by Gasteiger charge is 2.00. The molecule has 2 aromatic rings. The molecular weight excluding hydrogens is 214 g/mol. The topological polar surface area (TPSA) is 55.6 Å². The van der Waals surface area contributed by atoms with Gasteiger partial charge in [0.05, 0.1) is 13.6 Å². The zero-order chi connectivity index (χ0) is 12.3. The van der Waals surface area contributed by atoms with E-state index < -0.39 is 0 Å². The van der Waals surface area contributed by atoms with Crippen molar-refractivity contribution in [1.82, 2.24) is 25.5 Å². The molecule has 1 aromatic heterocycles. The number of hydrogen-bond acceptors (Lipinski definition) is 4. The summed E-state index contributed by atoms with van der Waals surface area (Å²) in [5.74, 6) is 0.719. The van der Waals surface area contributed by atoms with Crippen LogP contribution in [0.15, 0.2) is 18.2 Å². The standard InChI is InChI=1S/C12H17N5/c1-9-4-10(2)6-11(5-9)7-13-8-12-14-16-17(3)15-12/h4-6,13H,7-8H2,1-3H3. The van der Waals surface area contributed by atoms with Crippen molar-refractivity contribution in [2.45, 2.75) is 26.9 Å². The molecule has 90 valence electrons. The summed E-state index contributed by atoms with van der Waals surface area (Å²) in [5, 5.41) is 15.1. The summed E-state index contributed by atoms with van der Waals surface area (Å²) in [6.07, 6.45) is 0. The van der Waals surface area contributed by atoms with Gasteiger partial charge in [0, 0.05) is 6.54 Å². The van der Waals surface area contributed by atoms with E-state index in [0.29, 0.717) is 6.54 Å². The molecular formula is C12H17N5. The van der Waals surface area contributed by atoms with Gasteiger partial charge in [0.15, 0.2) is 5.82 Å². The Bertz CT molecular complexity index is 483. The molecule has 0 atom stereocenters. The number of benzene rings is 1. The molecule has 1 aromatic carbocycles. The van der Waals surface area contributed by atoms with Gasteiger partial charge in [-0.05, 0) is 24.6 Å². The number of aromatic nitrogens is 4. The van der Waals surface area contributed by atoms with Crippen molar-refractivity contribution in [3.63, 3.8) is 0 Å². The summed E-state index contributed by atoms with van der Waals surface area (Å²) >= 11 is 0. The lowest BCUT2D eigenvalue weighted by Crippen LogP contribution is -2.14. The highest BCUT2D eigenvalue weighted by atomic mass is 15.6. The lowest BCUT2D eigenvalue weighted by molar-refractivity contribution is 0.619. The minimum atomic E-state index is 0.640. The van der Waals surface area contributed by atoms with Gasteiger partial charge in [-0.25, -0.2) is 0 Å². The third-order valence-electron chi connectivity index (χ3n) is 2.44. The van der Waals surface area contributed by atoms with E-state index in [1.807, 2.05) is 0 Å². The number of hydrogen-bond donors (Lipinski definition) is 1. The monoisotopic (exact) mass is 231 g/mol. The van der Waals surface area contributed by atoms with Crippen molar-refractivity contribution in [1.29, 1.82) is 0 Å². The van der Waals surface area contributed by atoms with Crippen molar-refractivity contribution in [3.05, 3.63) is 40.7 Å². The maximum Gasteiger partial charge on any atom is 0.188 e. The largest absolute Gasteiger partial charge is 0.306 e. The van der Waals surface area contributed by atoms with E-state index in [9.17, 15) is 0 Å². The van der Waals surface area contributed by atoms with Crippen LogP contribution in [-0.2, 0) is 20.1 Å². The zero-order valence-corrected chi connectivity index (χ0v) is 10.4. The van der Waals surface area contributed by atoms with Crippen molar-refractivity contribution < 1.29 is 0 Å². The van der Waals surface area contributed by atoms with E-state index in [-0.39, 0.29) is 0 Å². The average molecular weight is 231 g/mol. The molecule has 0 saturated heterocycles. The number of nitrogens with one attached hydrogen (secondary N) is 1. The third-order valence-corrected chi connectivity index (χ3v) is 2.44. The summed E-state index contributed by atoms with van der Waals surface area (Å²) in [5.41, 5.74) is 3.87. The molecule has 0 bridgehead atoms. The van der Waals surface area contributed by atoms with E-state index in [1.54, 1.807) is 7.05 Å². The van der Waals surface area contributed by atoms with Crippen molar-refractivity contribution in [3.8, 4) is 0 Å². The average Bonchev–Trinajstić information content (AvgIpc) is 2.63. The quantitative estimate of drug-likeness (QED) is 0.856. The van der Waals surface area contributed by atoms with Gasteiger partial charge in [-0.1, -0.05) is 29.3 Å². The van der Waals surface area contributed by atoms with Crippen LogP contribution < -0.4 is 5.32 Å². The van der Waals surface area contributed by atoms with Crippen LogP contribution in [0.25, 0.3) is 0 Å². The molecule has 5 heteroatoms. The molecule has 2 rings (SSSR count). The van der Waals surface area contributed by atoms with Gasteiger partial charge < -0.3 is 5.32 Å². The molecule has 0 amide bonds. The molecule has 0 radical (unpaired) electrons. The second-order valence-corrected chi connectivity index (χ2v) is 4.29. The zero-order valence-electron chi connectivity index (χ0n) is 10.4. The predicted molar refractivity (Wildman–Crippen MR) is 65.3 cm³/mol. The van der Waals surface area contributed by atoms with Crippen LogP contribution >= 0.6 is 0 Å². The molecule has 0 unspecified atom stereocenters. The van der Waals surface area contributed by atoms with E-state index in [2.05, 4.69) is 52.8 Å². The van der Waals surface area contributed by atoms with Crippen LogP contribution in [0.1, 0.15) is 22.5 Å². The third kappa shape index (κ3) is 3.35. The molecule has 5 nitrogen and oxygen atoms in total. The van der Waals surface area contributed by atoms with Gasteiger partial charge in [0.25, 0.3) is 0 Å². The first-order chi connectivity index (χ1) is 8.13. The Kier molecular flexibility index (Phi) is 3.49. The Morgan fingerprint density at radius 1 is 1.12 bits per heavy atom. The van der Waals surface area contributed by atoms with Crippen LogP contribution in [0, 0.1) is 13.8 Å². The van der Waals surface area contributed by atoms with Crippen molar-refractivity contribution in [2.24, 2.45) is 7.05 Å². The first-order valence-corrected chi connectivity index (χ1v) is 5.64. The van der Waals surface area contributed by atoms with Crippen molar-refractivity contribution in [2.75, 3.05) is 0 Å². The Labute approximate surface area is 101 Å². The number of nitrogens with zero attached hydrogens (tertiary/aromatic N) is 4.